The lowest BCUT2D eigenvalue weighted by Crippen LogP contribution is -2.49. The molecule has 1 heterocycles. The van der Waals surface area contributed by atoms with Gasteiger partial charge in [0.15, 0.2) is 0 Å². The van der Waals surface area contributed by atoms with Crippen LogP contribution >= 0.6 is 15.9 Å². The molecule has 3 amide bonds. The third-order valence-electron chi connectivity index (χ3n) is 4.27. The lowest BCUT2D eigenvalue weighted by molar-refractivity contribution is -0.131. The predicted octanol–water partition coefficient (Wildman–Crippen LogP) is 2.62. The number of benzene rings is 1. The first-order chi connectivity index (χ1) is 13.1. The van der Waals surface area contributed by atoms with Crippen LogP contribution in [0, 0.1) is 0 Å². The van der Waals surface area contributed by atoms with Crippen LogP contribution in [0.25, 0.3) is 0 Å². The molecule has 0 radical (unpaired) electrons. The van der Waals surface area contributed by atoms with Gasteiger partial charge < -0.3 is 20.3 Å². The zero-order valence-electron chi connectivity index (χ0n) is 16.6. The Hall–Kier alpha value is -2.09. The standard InChI is InChI=1S/C20H28BrN3O4/c1-20(2,3)28-19(27)22-13-18(26)24-10-8-16(9-11-24)23-17(25)12-14-4-6-15(21)7-5-14/h4-7,16H,8-13H2,1-3H3,(H,22,27)(H,23,25). The lowest BCUT2D eigenvalue weighted by Gasteiger charge is -2.32. The molecule has 8 heteroatoms. The van der Waals surface area contributed by atoms with Crippen LogP contribution in [-0.4, -0.2) is 54.1 Å². The molecule has 1 aliphatic rings. The van der Waals surface area contributed by atoms with E-state index >= 15 is 0 Å². The van der Waals surface area contributed by atoms with Gasteiger partial charge in [-0.15, -0.1) is 0 Å². The number of nitrogens with one attached hydrogen (secondary N) is 2. The van der Waals surface area contributed by atoms with Gasteiger partial charge in [-0.25, -0.2) is 4.79 Å². The summed E-state index contributed by atoms with van der Waals surface area (Å²) >= 11 is 3.38. The Balaban J connectivity index is 1.68. The van der Waals surface area contributed by atoms with Crippen molar-refractivity contribution in [2.24, 2.45) is 0 Å². The van der Waals surface area contributed by atoms with Gasteiger partial charge in [0.25, 0.3) is 0 Å². The molecular weight excluding hydrogens is 426 g/mol. The topological polar surface area (TPSA) is 87.7 Å². The average molecular weight is 454 g/mol. The molecule has 0 aromatic heterocycles. The summed E-state index contributed by atoms with van der Waals surface area (Å²) in [6.45, 7) is 6.32. The van der Waals surface area contributed by atoms with E-state index in [9.17, 15) is 14.4 Å². The minimum absolute atomic E-state index is 0.0151. The second-order valence-corrected chi connectivity index (χ2v) is 8.80. The highest BCUT2D eigenvalue weighted by Gasteiger charge is 2.24. The molecule has 0 spiro atoms. The molecule has 1 aromatic rings. The fraction of sp³-hybridized carbons (Fsp3) is 0.550. The van der Waals surface area contributed by atoms with E-state index in [1.807, 2.05) is 24.3 Å². The molecule has 0 unspecified atom stereocenters. The number of hydrogen-bond acceptors (Lipinski definition) is 4. The minimum atomic E-state index is -0.601. The van der Waals surface area contributed by atoms with Gasteiger partial charge in [-0.1, -0.05) is 28.1 Å². The third-order valence-corrected chi connectivity index (χ3v) is 4.80. The van der Waals surface area contributed by atoms with E-state index in [-0.39, 0.29) is 24.4 Å². The quantitative estimate of drug-likeness (QED) is 0.716. The summed E-state index contributed by atoms with van der Waals surface area (Å²) in [5.41, 5.74) is 0.362. The second-order valence-electron chi connectivity index (χ2n) is 7.88. The Morgan fingerprint density at radius 2 is 1.75 bits per heavy atom. The average Bonchev–Trinajstić information content (AvgIpc) is 2.61. The summed E-state index contributed by atoms with van der Waals surface area (Å²) in [5.74, 6) is -0.163. The van der Waals surface area contributed by atoms with Crippen molar-refractivity contribution in [3.63, 3.8) is 0 Å². The Morgan fingerprint density at radius 3 is 2.32 bits per heavy atom. The zero-order valence-corrected chi connectivity index (χ0v) is 18.2. The van der Waals surface area contributed by atoms with Gasteiger partial charge in [0.2, 0.25) is 11.8 Å². The molecule has 28 heavy (non-hydrogen) atoms. The lowest BCUT2D eigenvalue weighted by atomic mass is 10.0. The monoisotopic (exact) mass is 453 g/mol. The molecule has 2 rings (SSSR count). The Morgan fingerprint density at radius 1 is 1.14 bits per heavy atom. The van der Waals surface area contributed by atoms with Crippen molar-refractivity contribution in [2.45, 2.75) is 51.7 Å². The van der Waals surface area contributed by atoms with Crippen LogP contribution in [0.1, 0.15) is 39.2 Å². The molecule has 0 saturated carbocycles. The van der Waals surface area contributed by atoms with Crippen molar-refractivity contribution < 1.29 is 19.1 Å². The van der Waals surface area contributed by atoms with Crippen LogP contribution in [0.5, 0.6) is 0 Å². The summed E-state index contributed by atoms with van der Waals surface area (Å²) in [5, 5.41) is 5.52. The van der Waals surface area contributed by atoms with E-state index in [1.54, 1.807) is 25.7 Å². The molecule has 2 N–H and O–H groups in total. The van der Waals surface area contributed by atoms with Gasteiger partial charge in [-0.2, -0.15) is 0 Å². The molecule has 0 bridgehead atoms. The maximum Gasteiger partial charge on any atom is 0.408 e. The summed E-state index contributed by atoms with van der Waals surface area (Å²) in [7, 11) is 0. The summed E-state index contributed by atoms with van der Waals surface area (Å²) < 4.78 is 6.10. The van der Waals surface area contributed by atoms with Gasteiger partial charge in [0.05, 0.1) is 6.42 Å². The van der Waals surface area contributed by atoms with E-state index in [4.69, 9.17) is 4.74 Å². The highest BCUT2D eigenvalue weighted by Crippen LogP contribution is 2.13. The van der Waals surface area contributed by atoms with Crippen LogP contribution in [0.15, 0.2) is 28.7 Å². The molecule has 1 aromatic carbocycles. The Bertz CT molecular complexity index is 692. The normalized spacial score (nSPS) is 15.1. The fourth-order valence-electron chi connectivity index (χ4n) is 2.91. The molecular formula is C20H28BrN3O4. The van der Waals surface area contributed by atoms with E-state index in [1.165, 1.54) is 0 Å². The van der Waals surface area contributed by atoms with Crippen molar-refractivity contribution in [2.75, 3.05) is 19.6 Å². The van der Waals surface area contributed by atoms with E-state index in [0.717, 1.165) is 10.0 Å². The largest absolute Gasteiger partial charge is 0.444 e. The number of halogens is 1. The van der Waals surface area contributed by atoms with Gasteiger partial charge in [0, 0.05) is 23.6 Å². The maximum absolute atomic E-state index is 12.2. The second kappa shape index (κ2) is 9.91. The number of carbonyl (C=O) groups is 3. The summed E-state index contributed by atoms with van der Waals surface area (Å²) in [6, 6.07) is 7.73. The first kappa shape index (κ1) is 22.2. The van der Waals surface area contributed by atoms with Gasteiger partial charge in [-0.3, -0.25) is 9.59 Å². The number of piperidine rings is 1. The van der Waals surface area contributed by atoms with Gasteiger partial charge in [-0.05, 0) is 51.3 Å². The molecule has 7 nitrogen and oxygen atoms in total. The van der Waals surface area contributed by atoms with Crippen molar-refractivity contribution >= 4 is 33.8 Å². The Kier molecular flexibility index (Phi) is 7.86. The maximum atomic E-state index is 12.2. The van der Waals surface area contributed by atoms with Crippen LogP contribution < -0.4 is 10.6 Å². The molecule has 1 fully saturated rings. The molecule has 1 saturated heterocycles. The van der Waals surface area contributed by atoms with Crippen LogP contribution in [0.2, 0.25) is 0 Å². The highest BCUT2D eigenvalue weighted by molar-refractivity contribution is 9.10. The minimum Gasteiger partial charge on any atom is -0.444 e. The Labute approximate surface area is 174 Å². The molecule has 154 valence electrons. The van der Waals surface area contributed by atoms with Crippen molar-refractivity contribution in [1.29, 1.82) is 0 Å². The first-order valence-electron chi connectivity index (χ1n) is 9.41. The number of amides is 3. The zero-order chi connectivity index (χ0) is 20.7. The van der Waals surface area contributed by atoms with Gasteiger partial charge in [0.1, 0.15) is 12.1 Å². The number of nitrogens with zero attached hydrogens (tertiary/aromatic N) is 1. The van der Waals surface area contributed by atoms with Crippen LogP contribution in [0.3, 0.4) is 0 Å². The van der Waals surface area contributed by atoms with E-state index in [2.05, 4.69) is 26.6 Å². The van der Waals surface area contributed by atoms with Crippen LogP contribution in [0.4, 0.5) is 4.79 Å². The number of alkyl carbamates (subject to hydrolysis) is 1. The highest BCUT2D eigenvalue weighted by atomic mass is 79.9. The first-order valence-corrected chi connectivity index (χ1v) is 10.2. The number of likely N-dealkylation sites (tertiary alicyclic amines) is 1. The van der Waals surface area contributed by atoms with E-state index in [0.29, 0.717) is 32.4 Å². The van der Waals surface area contributed by atoms with Crippen molar-refractivity contribution in [3.05, 3.63) is 34.3 Å². The van der Waals surface area contributed by atoms with Crippen molar-refractivity contribution in [1.82, 2.24) is 15.5 Å². The molecule has 0 atom stereocenters. The van der Waals surface area contributed by atoms with Crippen LogP contribution in [-0.2, 0) is 20.7 Å². The molecule has 0 aliphatic carbocycles. The summed E-state index contributed by atoms with van der Waals surface area (Å²) in [6.07, 6.45) is 1.14. The smallest absolute Gasteiger partial charge is 0.408 e. The number of ether oxygens (including phenoxy) is 1. The predicted molar refractivity (Wildman–Crippen MR) is 110 cm³/mol. The third kappa shape index (κ3) is 7.88. The van der Waals surface area contributed by atoms with Gasteiger partial charge >= 0.3 is 6.09 Å². The van der Waals surface area contributed by atoms with E-state index < -0.39 is 11.7 Å². The summed E-state index contributed by atoms with van der Waals surface area (Å²) in [4.78, 5) is 37.8. The number of hydrogen-bond donors (Lipinski definition) is 2. The number of rotatable bonds is 5. The molecule has 1 aliphatic heterocycles. The SMILES string of the molecule is CC(C)(C)OC(=O)NCC(=O)N1CCC(NC(=O)Cc2ccc(Br)cc2)CC1. The fourth-order valence-corrected chi connectivity index (χ4v) is 3.18. The number of carbonyl (C=O) groups excluding carboxylic acids is 3. The van der Waals surface area contributed by atoms with Crippen molar-refractivity contribution in [3.8, 4) is 0 Å².